The number of ketones is 1. The summed E-state index contributed by atoms with van der Waals surface area (Å²) in [6.07, 6.45) is 0. The molecule has 5 rings (SSSR count). The van der Waals surface area contributed by atoms with E-state index in [1.54, 1.807) is 6.92 Å². The minimum absolute atomic E-state index is 0.0518. The number of carbonyl (C=O) groups excluding carboxylic acids is 2. The van der Waals surface area contributed by atoms with E-state index >= 15 is 0 Å². The Bertz CT molecular complexity index is 1260. The third-order valence-electron chi connectivity index (χ3n) is 6.01. The third kappa shape index (κ3) is 2.64. The Balaban J connectivity index is 1.79. The molecule has 0 saturated carbocycles. The zero-order valence-corrected chi connectivity index (χ0v) is 16.9. The lowest BCUT2D eigenvalue weighted by molar-refractivity contribution is -0.145. The molecule has 3 aromatic carbocycles. The molecule has 0 spiro atoms. The average Bonchev–Trinajstić information content (AvgIpc) is 3.04. The summed E-state index contributed by atoms with van der Waals surface area (Å²) < 4.78 is 5.42. The quantitative estimate of drug-likeness (QED) is 0.574. The van der Waals surface area contributed by atoms with Gasteiger partial charge in [0.05, 0.1) is 12.3 Å². The molecule has 1 aliphatic heterocycles. The molecule has 30 heavy (non-hydrogen) atoms. The predicted octanol–water partition coefficient (Wildman–Crippen LogP) is 5.18. The van der Waals surface area contributed by atoms with Crippen molar-refractivity contribution in [3.8, 4) is 0 Å². The largest absolute Gasteiger partial charge is 0.465 e. The Labute approximate surface area is 174 Å². The minimum atomic E-state index is -0.632. The number of hydrogen-bond acceptors (Lipinski definition) is 4. The van der Waals surface area contributed by atoms with Gasteiger partial charge in [-0.25, -0.2) is 0 Å². The highest BCUT2D eigenvalue weighted by Crippen LogP contribution is 2.49. The molecule has 0 radical (unpaired) electrons. The number of esters is 1. The van der Waals surface area contributed by atoms with Crippen LogP contribution < -0.4 is 0 Å². The van der Waals surface area contributed by atoms with E-state index in [1.165, 1.54) is 0 Å². The van der Waals surface area contributed by atoms with Gasteiger partial charge in [-0.15, -0.1) is 0 Å². The molecule has 1 unspecified atom stereocenters. The minimum Gasteiger partial charge on any atom is -0.465 e. The highest BCUT2D eigenvalue weighted by atomic mass is 16.5. The summed E-state index contributed by atoms with van der Waals surface area (Å²) >= 11 is 0. The number of Topliss-reactive ketones (excluding diaryl/α,β-unsaturated/α-hetero) is 1. The first kappa shape index (κ1) is 18.5. The van der Waals surface area contributed by atoms with Crippen molar-refractivity contribution in [3.05, 3.63) is 89.0 Å². The number of nitrogens with zero attached hydrogens (tertiary/aromatic N) is 1. The second-order valence-electron chi connectivity index (χ2n) is 7.67. The van der Waals surface area contributed by atoms with Gasteiger partial charge in [0.15, 0.2) is 5.78 Å². The van der Waals surface area contributed by atoms with Crippen LogP contribution in [0, 0.1) is 5.92 Å². The summed E-state index contributed by atoms with van der Waals surface area (Å²) in [5.74, 6) is -1.47. The van der Waals surface area contributed by atoms with Gasteiger partial charge in [0.2, 0.25) is 0 Å². The van der Waals surface area contributed by atoms with Crippen molar-refractivity contribution in [2.24, 2.45) is 10.9 Å². The molecule has 148 valence electrons. The van der Waals surface area contributed by atoms with Crippen molar-refractivity contribution in [2.45, 2.75) is 19.8 Å². The first-order valence-electron chi connectivity index (χ1n) is 10.2. The molecule has 1 heterocycles. The van der Waals surface area contributed by atoms with Crippen LogP contribution >= 0.6 is 0 Å². The van der Waals surface area contributed by atoms with Gasteiger partial charge < -0.3 is 4.74 Å². The van der Waals surface area contributed by atoms with Crippen molar-refractivity contribution in [1.82, 2.24) is 0 Å². The van der Waals surface area contributed by atoms with E-state index in [9.17, 15) is 9.59 Å². The zero-order chi connectivity index (χ0) is 20.8. The predicted molar refractivity (Wildman–Crippen MR) is 118 cm³/mol. The van der Waals surface area contributed by atoms with Crippen LogP contribution in [-0.2, 0) is 9.53 Å². The number of rotatable bonds is 3. The van der Waals surface area contributed by atoms with E-state index in [1.807, 2.05) is 73.7 Å². The molecule has 2 aliphatic rings. The maximum Gasteiger partial charge on any atom is 0.315 e. The van der Waals surface area contributed by atoms with Gasteiger partial charge in [-0.2, -0.15) is 0 Å². The van der Waals surface area contributed by atoms with Crippen molar-refractivity contribution < 1.29 is 14.3 Å². The second kappa shape index (κ2) is 7.06. The summed E-state index contributed by atoms with van der Waals surface area (Å²) in [7, 11) is 0. The lowest BCUT2D eigenvalue weighted by Crippen LogP contribution is -2.35. The van der Waals surface area contributed by atoms with Gasteiger partial charge in [0.1, 0.15) is 5.92 Å². The maximum atomic E-state index is 13.5. The highest BCUT2D eigenvalue weighted by molar-refractivity contribution is 6.25. The van der Waals surface area contributed by atoms with Gasteiger partial charge in [-0.1, -0.05) is 66.7 Å². The van der Waals surface area contributed by atoms with Gasteiger partial charge in [-0.3, -0.25) is 14.6 Å². The fourth-order valence-electron chi connectivity index (χ4n) is 4.74. The number of hydrogen-bond donors (Lipinski definition) is 0. The number of carbonyl (C=O) groups is 2. The Morgan fingerprint density at radius 1 is 0.967 bits per heavy atom. The first-order valence-corrected chi connectivity index (χ1v) is 10.2. The second-order valence-corrected chi connectivity index (χ2v) is 7.67. The monoisotopic (exact) mass is 395 g/mol. The maximum absolute atomic E-state index is 13.5. The number of allylic oxidation sites excluding steroid dienone is 1. The van der Waals surface area contributed by atoms with E-state index in [0.717, 1.165) is 21.9 Å². The molecular weight excluding hydrogens is 374 g/mol. The summed E-state index contributed by atoms with van der Waals surface area (Å²) in [4.78, 5) is 31.3. The SMILES string of the molecule is CCOC(=O)C1C(C)=NC2=C(C(=O)c3ccccc32)[C@@H]1c1cccc2ccccc12. The standard InChI is InChI=1S/C26H21NO3/c1-3-30-26(29)21-15(2)27-24-19-12-6-7-13-20(19)25(28)23(24)22(21)18-14-8-10-16-9-4-5-11-17(16)18/h4-14,21-22H,3H2,1-2H3/t21?,22-/m1/s1. The third-order valence-corrected chi connectivity index (χ3v) is 6.01. The molecule has 0 aromatic heterocycles. The van der Waals surface area contributed by atoms with E-state index in [0.29, 0.717) is 22.5 Å². The highest BCUT2D eigenvalue weighted by Gasteiger charge is 2.46. The fourth-order valence-corrected chi connectivity index (χ4v) is 4.74. The Morgan fingerprint density at radius 2 is 1.67 bits per heavy atom. The van der Waals surface area contributed by atoms with E-state index < -0.39 is 11.8 Å². The molecule has 3 aromatic rings. The Morgan fingerprint density at radius 3 is 2.47 bits per heavy atom. The lowest BCUT2D eigenvalue weighted by Gasteiger charge is -2.31. The molecule has 0 saturated heterocycles. The normalized spacial score (nSPS) is 20.1. The molecule has 1 aliphatic carbocycles. The van der Waals surface area contributed by atoms with Crippen LogP contribution in [0.1, 0.15) is 41.3 Å². The van der Waals surface area contributed by atoms with Crippen molar-refractivity contribution in [1.29, 1.82) is 0 Å². The summed E-state index contributed by atoms with van der Waals surface area (Å²) in [6.45, 7) is 3.93. The molecule has 4 heteroatoms. The average molecular weight is 395 g/mol. The van der Waals surface area contributed by atoms with Crippen molar-refractivity contribution >= 4 is 33.9 Å². The van der Waals surface area contributed by atoms with Gasteiger partial charge in [0.25, 0.3) is 0 Å². The summed E-state index contributed by atoms with van der Waals surface area (Å²) in [5, 5.41) is 2.10. The number of fused-ring (bicyclic) bond motifs is 3. The molecule has 0 fully saturated rings. The zero-order valence-electron chi connectivity index (χ0n) is 16.9. The van der Waals surface area contributed by atoms with Crippen LogP contribution in [-0.4, -0.2) is 24.1 Å². The van der Waals surface area contributed by atoms with E-state index in [-0.39, 0.29) is 18.4 Å². The topological polar surface area (TPSA) is 55.7 Å². The smallest absolute Gasteiger partial charge is 0.315 e. The molecule has 0 N–H and O–H groups in total. The van der Waals surface area contributed by atoms with E-state index in [2.05, 4.69) is 0 Å². The summed E-state index contributed by atoms with van der Waals surface area (Å²) in [5.41, 5.74) is 4.39. The number of benzene rings is 3. The molecule has 0 amide bonds. The van der Waals surface area contributed by atoms with E-state index in [4.69, 9.17) is 9.73 Å². The van der Waals surface area contributed by atoms with Gasteiger partial charge in [-0.05, 0) is 30.2 Å². The fraction of sp³-hybridized carbons (Fsp3) is 0.192. The van der Waals surface area contributed by atoms with Crippen LogP contribution in [0.2, 0.25) is 0 Å². The van der Waals surface area contributed by atoms with Gasteiger partial charge in [0, 0.05) is 28.3 Å². The van der Waals surface area contributed by atoms with Crippen molar-refractivity contribution in [2.75, 3.05) is 6.61 Å². The molecule has 2 atom stereocenters. The van der Waals surface area contributed by atoms with Gasteiger partial charge >= 0.3 is 5.97 Å². The van der Waals surface area contributed by atoms with Crippen LogP contribution in [0.3, 0.4) is 0 Å². The Hall–Kier alpha value is -3.53. The number of ether oxygens (including phenoxy) is 1. The van der Waals surface area contributed by atoms with Crippen LogP contribution in [0.5, 0.6) is 0 Å². The first-order chi connectivity index (χ1) is 14.6. The van der Waals surface area contributed by atoms with Crippen LogP contribution in [0.4, 0.5) is 0 Å². The molecular formula is C26H21NO3. The Kier molecular flexibility index (Phi) is 4.35. The molecule has 4 nitrogen and oxygen atoms in total. The number of aliphatic imine (C=N–C) groups is 1. The summed E-state index contributed by atoms with van der Waals surface area (Å²) in [6, 6.07) is 21.6. The van der Waals surface area contributed by atoms with Crippen LogP contribution in [0.25, 0.3) is 16.5 Å². The van der Waals surface area contributed by atoms with Crippen LogP contribution in [0.15, 0.2) is 77.3 Å². The lowest BCUT2D eigenvalue weighted by atomic mass is 9.74. The van der Waals surface area contributed by atoms with Crippen molar-refractivity contribution in [3.63, 3.8) is 0 Å². The molecule has 0 bridgehead atoms.